The minimum Gasteiger partial charge on any atom is -0.456 e. The Morgan fingerprint density at radius 1 is 1.10 bits per heavy atom. The molecule has 2 unspecified atom stereocenters. The molecule has 3 aromatic rings. The van der Waals surface area contributed by atoms with Crippen LogP contribution in [-0.4, -0.2) is 12.7 Å². The monoisotopic (exact) mass is 300 g/mol. The summed E-state index contributed by atoms with van der Waals surface area (Å²) in [6, 6.07) is 14.4. The van der Waals surface area contributed by atoms with Crippen LogP contribution in [0.4, 0.5) is 0 Å². The molecule has 1 fully saturated rings. The Balaban J connectivity index is 1.70. The van der Waals surface area contributed by atoms with Gasteiger partial charge in [-0.3, -0.25) is 0 Å². The summed E-state index contributed by atoms with van der Waals surface area (Å²) in [5.41, 5.74) is 2.99. The van der Waals surface area contributed by atoms with Crippen molar-refractivity contribution in [1.82, 2.24) is 0 Å². The molecule has 0 amide bonds. The molecule has 0 bridgehead atoms. The quantitative estimate of drug-likeness (QED) is 0.601. The van der Waals surface area contributed by atoms with E-state index in [1.54, 1.807) is 0 Å². The second-order valence-electron chi connectivity index (χ2n) is 5.69. The fraction of sp³-hybridized carbons (Fsp3) is 0.333. The number of para-hydroxylation sites is 1. The third-order valence-electron chi connectivity index (χ3n) is 4.26. The van der Waals surface area contributed by atoms with Crippen molar-refractivity contribution in [3.8, 4) is 0 Å². The molecule has 0 N–H and O–H groups in total. The SMILES string of the molecule is ClC(CC1CCCO1)c1ccc2oc3ccccc3c2c1. The number of fused-ring (bicyclic) bond motifs is 3. The zero-order chi connectivity index (χ0) is 14.2. The molecule has 2 aromatic carbocycles. The zero-order valence-electron chi connectivity index (χ0n) is 11.7. The Morgan fingerprint density at radius 3 is 2.81 bits per heavy atom. The third kappa shape index (κ3) is 2.43. The van der Waals surface area contributed by atoms with E-state index in [-0.39, 0.29) is 5.38 Å². The van der Waals surface area contributed by atoms with Gasteiger partial charge < -0.3 is 9.15 Å². The van der Waals surface area contributed by atoms with Gasteiger partial charge in [-0.2, -0.15) is 0 Å². The number of benzene rings is 2. The molecular formula is C18H17ClO2. The fourth-order valence-corrected chi connectivity index (χ4v) is 3.47. The number of alkyl halides is 1. The first-order valence-corrected chi connectivity index (χ1v) is 7.92. The summed E-state index contributed by atoms with van der Waals surface area (Å²) >= 11 is 6.59. The summed E-state index contributed by atoms with van der Waals surface area (Å²) in [7, 11) is 0. The van der Waals surface area contributed by atoms with Crippen LogP contribution in [0.2, 0.25) is 0 Å². The zero-order valence-corrected chi connectivity index (χ0v) is 12.5. The predicted molar refractivity (Wildman–Crippen MR) is 85.9 cm³/mol. The normalized spacial score (nSPS) is 20.3. The number of hydrogen-bond acceptors (Lipinski definition) is 2. The van der Waals surface area contributed by atoms with E-state index < -0.39 is 0 Å². The van der Waals surface area contributed by atoms with Gasteiger partial charge in [-0.25, -0.2) is 0 Å². The number of hydrogen-bond donors (Lipinski definition) is 0. The molecular weight excluding hydrogens is 284 g/mol. The van der Waals surface area contributed by atoms with Gasteiger partial charge in [0.15, 0.2) is 0 Å². The Morgan fingerprint density at radius 2 is 1.95 bits per heavy atom. The average Bonchev–Trinajstić information content (AvgIpc) is 3.13. The molecule has 1 aromatic heterocycles. The van der Waals surface area contributed by atoms with Crippen LogP contribution < -0.4 is 0 Å². The molecule has 2 atom stereocenters. The molecule has 1 aliphatic heterocycles. The van der Waals surface area contributed by atoms with E-state index >= 15 is 0 Å². The number of halogens is 1. The van der Waals surface area contributed by atoms with Gasteiger partial charge >= 0.3 is 0 Å². The van der Waals surface area contributed by atoms with Crippen molar-refractivity contribution >= 4 is 33.5 Å². The number of ether oxygens (including phenoxy) is 1. The van der Waals surface area contributed by atoms with Gasteiger partial charge in [-0.1, -0.05) is 24.3 Å². The van der Waals surface area contributed by atoms with Crippen LogP contribution in [0.1, 0.15) is 30.2 Å². The largest absolute Gasteiger partial charge is 0.456 e. The highest BCUT2D eigenvalue weighted by atomic mass is 35.5. The predicted octanol–water partition coefficient (Wildman–Crippen LogP) is 5.44. The van der Waals surface area contributed by atoms with Gasteiger partial charge in [0.2, 0.25) is 0 Å². The molecule has 4 rings (SSSR count). The van der Waals surface area contributed by atoms with E-state index in [0.717, 1.165) is 53.4 Å². The van der Waals surface area contributed by atoms with Crippen LogP contribution in [0.3, 0.4) is 0 Å². The number of rotatable bonds is 3. The van der Waals surface area contributed by atoms with Gasteiger partial charge in [0.05, 0.1) is 11.5 Å². The Labute approximate surface area is 128 Å². The molecule has 1 aliphatic rings. The topological polar surface area (TPSA) is 22.4 Å². The minimum absolute atomic E-state index is 0.00818. The van der Waals surface area contributed by atoms with Crippen LogP contribution in [0, 0.1) is 0 Å². The summed E-state index contributed by atoms with van der Waals surface area (Å²) in [6.07, 6.45) is 3.46. The maximum Gasteiger partial charge on any atom is 0.135 e. The Hall–Kier alpha value is -1.51. The fourth-order valence-electron chi connectivity index (χ4n) is 3.14. The van der Waals surface area contributed by atoms with Gasteiger partial charge in [-0.15, -0.1) is 11.6 Å². The Bertz CT molecular complexity index is 771. The van der Waals surface area contributed by atoms with Gasteiger partial charge in [0.25, 0.3) is 0 Å². The Kier molecular flexibility index (Phi) is 3.36. The standard InChI is InChI=1S/C18H17ClO2/c19-16(11-13-4-3-9-20-13)12-7-8-18-15(10-12)14-5-1-2-6-17(14)21-18/h1-2,5-8,10,13,16H,3-4,9,11H2. The minimum atomic E-state index is -0.00818. The maximum atomic E-state index is 6.59. The van der Waals surface area contributed by atoms with Crippen LogP contribution >= 0.6 is 11.6 Å². The maximum absolute atomic E-state index is 6.59. The third-order valence-corrected chi connectivity index (χ3v) is 4.69. The first kappa shape index (κ1) is 13.2. The van der Waals surface area contributed by atoms with Crippen molar-refractivity contribution in [3.05, 3.63) is 48.0 Å². The van der Waals surface area contributed by atoms with Gasteiger partial charge in [0, 0.05) is 17.4 Å². The number of furan rings is 1. The first-order chi connectivity index (χ1) is 10.3. The second-order valence-corrected chi connectivity index (χ2v) is 6.22. The van der Waals surface area contributed by atoms with Crippen molar-refractivity contribution in [3.63, 3.8) is 0 Å². The first-order valence-electron chi connectivity index (χ1n) is 7.48. The van der Waals surface area contributed by atoms with E-state index in [1.165, 1.54) is 0 Å². The lowest BCUT2D eigenvalue weighted by atomic mass is 10.0. The van der Waals surface area contributed by atoms with Crippen LogP contribution in [0.25, 0.3) is 21.9 Å². The molecule has 0 saturated carbocycles. The summed E-state index contributed by atoms with van der Waals surface area (Å²) in [5.74, 6) is 0. The molecule has 3 heteroatoms. The highest BCUT2D eigenvalue weighted by Gasteiger charge is 2.21. The van der Waals surface area contributed by atoms with Crippen LogP contribution in [0.5, 0.6) is 0 Å². The van der Waals surface area contributed by atoms with E-state index in [9.17, 15) is 0 Å². The van der Waals surface area contributed by atoms with Crippen molar-refractivity contribution in [2.75, 3.05) is 6.61 Å². The van der Waals surface area contributed by atoms with Crippen LogP contribution in [-0.2, 0) is 4.74 Å². The van der Waals surface area contributed by atoms with Crippen LogP contribution in [0.15, 0.2) is 46.9 Å². The van der Waals surface area contributed by atoms with E-state index in [4.69, 9.17) is 20.8 Å². The van der Waals surface area contributed by atoms with Crippen molar-refractivity contribution in [2.24, 2.45) is 0 Å². The lowest BCUT2D eigenvalue weighted by molar-refractivity contribution is 0.103. The van der Waals surface area contributed by atoms with Gasteiger partial charge in [-0.05, 0) is 43.0 Å². The summed E-state index contributed by atoms with van der Waals surface area (Å²) in [4.78, 5) is 0. The lowest BCUT2D eigenvalue weighted by Crippen LogP contribution is -2.08. The van der Waals surface area contributed by atoms with Crippen molar-refractivity contribution < 1.29 is 9.15 Å². The summed E-state index contributed by atoms with van der Waals surface area (Å²) < 4.78 is 11.5. The summed E-state index contributed by atoms with van der Waals surface area (Å²) in [6.45, 7) is 0.875. The smallest absolute Gasteiger partial charge is 0.135 e. The van der Waals surface area contributed by atoms with E-state index in [0.29, 0.717) is 6.10 Å². The molecule has 2 nitrogen and oxygen atoms in total. The molecule has 2 heterocycles. The second kappa shape index (κ2) is 5.36. The molecule has 0 aliphatic carbocycles. The highest BCUT2D eigenvalue weighted by molar-refractivity contribution is 6.21. The molecule has 1 saturated heterocycles. The molecule has 21 heavy (non-hydrogen) atoms. The van der Waals surface area contributed by atoms with Crippen molar-refractivity contribution in [1.29, 1.82) is 0 Å². The average molecular weight is 301 g/mol. The lowest BCUT2D eigenvalue weighted by Gasteiger charge is -2.14. The molecule has 0 radical (unpaired) electrons. The van der Waals surface area contributed by atoms with Crippen molar-refractivity contribution in [2.45, 2.75) is 30.7 Å². The van der Waals surface area contributed by atoms with Gasteiger partial charge in [0.1, 0.15) is 11.2 Å². The molecule has 0 spiro atoms. The van der Waals surface area contributed by atoms with E-state index in [2.05, 4.69) is 18.2 Å². The highest BCUT2D eigenvalue weighted by Crippen LogP contribution is 2.35. The summed E-state index contributed by atoms with van der Waals surface area (Å²) in [5, 5.41) is 2.28. The molecule has 108 valence electrons. The van der Waals surface area contributed by atoms with E-state index in [1.807, 2.05) is 24.3 Å².